The third-order valence-corrected chi connectivity index (χ3v) is 1.74. The largest absolute Gasteiger partial charge is 0.371 e. The van der Waals surface area contributed by atoms with E-state index in [0.29, 0.717) is 6.61 Å². The van der Waals surface area contributed by atoms with E-state index in [1.165, 1.54) is 0 Å². The van der Waals surface area contributed by atoms with E-state index in [-0.39, 0.29) is 6.79 Å². The Morgan fingerprint density at radius 2 is 2.27 bits per heavy atom. The highest BCUT2D eigenvalue weighted by atomic mass is 79.9. The van der Waals surface area contributed by atoms with E-state index in [0.717, 1.165) is 10.0 Å². The van der Waals surface area contributed by atoms with Gasteiger partial charge >= 0.3 is 0 Å². The van der Waals surface area contributed by atoms with Gasteiger partial charge in [0.15, 0.2) is 0 Å². The van der Waals surface area contributed by atoms with Crippen LogP contribution in [0.4, 0.5) is 0 Å². The van der Waals surface area contributed by atoms with Crippen molar-refractivity contribution >= 4 is 15.9 Å². The van der Waals surface area contributed by atoms with Gasteiger partial charge in [-0.25, -0.2) is 0 Å². The number of rotatable bonds is 3. The highest BCUT2D eigenvalue weighted by Gasteiger charge is 1.92. The molecule has 1 N–H and O–H groups in total. The third kappa shape index (κ3) is 3.01. The lowest BCUT2D eigenvalue weighted by atomic mass is 10.2. The van der Waals surface area contributed by atoms with Crippen molar-refractivity contribution in [1.29, 1.82) is 0 Å². The molecule has 0 fully saturated rings. The van der Waals surface area contributed by atoms with Gasteiger partial charge in [0.1, 0.15) is 6.79 Å². The second-order valence-corrected chi connectivity index (χ2v) is 3.02. The van der Waals surface area contributed by atoms with E-state index >= 15 is 0 Å². The van der Waals surface area contributed by atoms with Gasteiger partial charge < -0.3 is 9.84 Å². The molecule has 0 atom stereocenters. The first-order valence-corrected chi connectivity index (χ1v) is 4.05. The maximum Gasteiger partial charge on any atom is 0.144 e. The number of hydrogen-bond donors (Lipinski definition) is 1. The summed E-state index contributed by atoms with van der Waals surface area (Å²) in [5.41, 5.74) is 1.05. The van der Waals surface area contributed by atoms with E-state index in [1.54, 1.807) is 0 Å². The minimum atomic E-state index is -0.230. The van der Waals surface area contributed by atoms with E-state index in [2.05, 4.69) is 15.9 Å². The standard InChI is InChI=1S/C8H9BrO2/c9-8-3-1-2-7(4-8)5-11-6-10/h1-4,10H,5-6H2. The van der Waals surface area contributed by atoms with Crippen molar-refractivity contribution < 1.29 is 9.84 Å². The Balaban J connectivity index is 2.56. The molecule has 0 aliphatic carbocycles. The van der Waals surface area contributed by atoms with E-state index in [4.69, 9.17) is 9.84 Å². The Morgan fingerprint density at radius 3 is 2.91 bits per heavy atom. The molecular weight excluding hydrogens is 208 g/mol. The van der Waals surface area contributed by atoms with Crippen molar-refractivity contribution in [2.75, 3.05) is 6.79 Å². The average molecular weight is 217 g/mol. The molecule has 0 spiro atoms. The van der Waals surface area contributed by atoms with Crippen molar-refractivity contribution in [1.82, 2.24) is 0 Å². The fourth-order valence-corrected chi connectivity index (χ4v) is 1.24. The van der Waals surface area contributed by atoms with Crippen LogP contribution >= 0.6 is 15.9 Å². The number of benzene rings is 1. The molecule has 0 aliphatic rings. The molecule has 60 valence electrons. The first-order chi connectivity index (χ1) is 5.33. The lowest BCUT2D eigenvalue weighted by Gasteiger charge is -2.00. The average Bonchev–Trinajstić information content (AvgIpc) is 2.01. The smallest absolute Gasteiger partial charge is 0.144 e. The molecule has 2 nitrogen and oxygen atoms in total. The number of ether oxygens (including phenoxy) is 1. The van der Waals surface area contributed by atoms with Crippen molar-refractivity contribution in [2.24, 2.45) is 0 Å². The highest BCUT2D eigenvalue weighted by molar-refractivity contribution is 9.10. The van der Waals surface area contributed by atoms with Crippen LogP contribution in [-0.4, -0.2) is 11.9 Å². The summed E-state index contributed by atoms with van der Waals surface area (Å²) in [5.74, 6) is 0. The fourth-order valence-electron chi connectivity index (χ4n) is 0.790. The Kier molecular flexibility index (Phi) is 3.56. The van der Waals surface area contributed by atoms with Crippen LogP contribution < -0.4 is 0 Å². The summed E-state index contributed by atoms with van der Waals surface area (Å²) >= 11 is 3.34. The summed E-state index contributed by atoms with van der Waals surface area (Å²) in [6.07, 6.45) is 0. The molecule has 0 saturated heterocycles. The summed E-state index contributed by atoms with van der Waals surface area (Å²) in [4.78, 5) is 0. The van der Waals surface area contributed by atoms with Gasteiger partial charge in [-0.2, -0.15) is 0 Å². The Labute approximate surface area is 73.9 Å². The first-order valence-electron chi connectivity index (χ1n) is 3.26. The zero-order valence-corrected chi connectivity index (χ0v) is 7.54. The van der Waals surface area contributed by atoms with E-state index in [9.17, 15) is 0 Å². The second kappa shape index (κ2) is 4.49. The number of hydrogen-bond acceptors (Lipinski definition) is 2. The molecule has 0 saturated carbocycles. The first kappa shape index (κ1) is 8.71. The van der Waals surface area contributed by atoms with Gasteiger partial charge in [-0.3, -0.25) is 0 Å². The summed E-state index contributed by atoms with van der Waals surface area (Å²) in [7, 11) is 0. The van der Waals surface area contributed by atoms with Gasteiger partial charge in [0.25, 0.3) is 0 Å². The molecule has 0 amide bonds. The predicted molar refractivity (Wildman–Crippen MR) is 46.0 cm³/mol. The molecule has 0 aromatic heterocycles. The highest BCUT2D eigenvalue weighted by Crippen LogP contribution is 2.11. The molecule has 0 heterocycles. The van der Waals surface area contributed by atoms with Crippen molar-refractivity contribution in [2.45, 2.75) is 6.61 Å². The minimum Gasteiger partial charge on any atom is -0.371 e. The predicted octanol–water partition coefficient (Wildman–Crippen LogP) is 1.92. The maximum atomic E-state index is 8.36. The van der Waals surface area contributed by atoms with Crippen LogP contribution in [0, 0.1) is 0 Å². The van der Waals surface area contributed by atoms with Crippen molar-refractivity contribution in [3.8, 4) is 0 Å². The van der Waals surface area contributed by atoms with Gasteiger partial charge in [0.05, 0.1) is 6.61 Å². The van der Waals surface area contributed by atoms with Crippen molar-refractivity contribution in [3.63, 3.8) is 0 Å². The summed E-state index contributed by atoms with van der Waals surface area (Å²) in [5, 5.41) is 8.36. The Bertz CT molecular complexity index is 225. The van der Waals surface area contributed by atoms with Crippen LogP contribution in [0.1, 0.15) is 5.56 Å². The molecular formula is C8H9BrO2. The molecule has 0 unspecified atom stereocenters. The minimum absolute atomic E-state index is 0.230. The SMILES string of the molecule is OCOCc1cccc(Br)c1. The Morgan fingerprint density at radius 1 is 1.45 bits per heavy atom. The zero-order chi connectivity index (χ0) is 8.10. The lowest BCUT2D eigenvalue weighted by molar-refractivity contribution is -0.0112. The van der Waals surface area contributed by atoms with Crippen molar-refractivity contribution in [3.05, 3.63) is 34.3 Å². The quantitative estimate of drug-likeness (QED) is 0.783. The molecule has 0 radical (unpaired) electrons. The second-order valence-electron chi connectivity index (χ2n) is 2.11. The van der Waals surface area contributed by atoms with Crippen LogP contribution in [0.2, 0.25) is 0 Å². The summed E-state index contributed by atoms with van der Waals surface area (Å²) in [6.45, 7) is 0.225. The molecule has 1 aromatic carbocycles. The van der Waals surface area contributed by atoms with Gasteiger partial charge in [0, 0.05) is 4.47 Å². The molecule has 1 rings (SSSR count). The molecule has 3 heteroatoms. The maximum absolute atomic E-state index is 8.36. The molecule has 1 aromatic rings. The van der Waals surface area contributed by atoms with Crippen LogP contribution in [0.25, 0.3) is 0 Å². The van der Waals surface area contributed by atoms with Crippen LogP contribution in [0.15, 0.2) is 28.7 Å². The zero-order valence-electron chi connectivity index (χ0n) is 5.96. The lowest BCUT2D eigenvalue weighted by Crippen LogP contribution is -1.92. The van der Waals surface area contributed by atoms with E-state index < -0.39 is 0 Å². The van der Waals surface area contributed by atoms with Crippen LogP contribution in [0.5, 0.6) is 0 Å². The monoisotopic (exact) mass is 216 g/mol. The third-order valence-electron chi connectivity index (χ3n) is 1.25. The number of aliphatic hydroxyl groups is 1. The van der Waals surface area contributed by atoms with E-state index in [1.807, 2.05) is 24.3 Å². The van der Waals surface area contributed by atoms with Gasteiger partial charge in [0.2, 0.25) is 0 Å². The molecule has 11 heavy (non-hydrogen) atoms. The van der Waals surface area contributed by atoms with Crippen LogP contribution in [0.3, 0.4) is 0 Å². The van der Waals surface area contributed by atoms with Crippen LogP contribution in [-0.2, 0) is 11.3 Å². The van der Waals surface area contributed by atoms with Gasteiger partial charge in [-0.05, 0) is 17.7 Å². The fraction of sp³-hybridized carbons (Fsp3) is 0.250. The molecule has 0 aliphatic heterocycles. The summed E-state index contributed by atoms with van der Waals surface area (Å²) < 4.78 is 5.83. The normalized spacial score (nSPS) is 10.0. The molecule has 0 bridgehead atoms. The van der Waals surface area contributed by atoms with Gasteiger partial charge in [-0.15, -0.1) is 0 Å². The topological polar surface area (TPSA) is 29.5 Å². The number of aliphatic hydroxyl groups excluding tert-OH is 1. The number of halogens is 1. The summed E-state index contributed by atoms with van der Waals surface area (Å²) in [6, 6.07) is 7.78. The Hall–Kier alpha value is -0.380. The van der Waals surface area contributed by atoms with Gasteiger partial charge in [-0.1, -0.05) is 28.1 Å².